The summed E-state index contributed by atoms with van der Waals surface area (Å²) in [4.78, 5) is 34.5. The van der Waals surface area contributed by atoms with Crippen LogP contribution in [0.3, 0.4) is 0 Å². The highest BCUT2D eigenvalue weighted by Crippen LogP contribution is 2.36. The highest BCUT2D eigenvalue weighted by Gasteiger charge is 2.29. The molecule has 0 spiro atoms. The van der Waals surface area contributed by atoms with Gasteiger partial charge in [0, 0.05) is 0 Å². The van der Waals surface area contributed by atoms with Crippen molar-refractivity contribution in [1.29, 1.82) is 0 Å². The lowest BCUT2D eigenvalue weighted by Crippen LogP contribution is -2.16. The van der Waals surface area contributed by atoms with Crippen molar-refractivity contribution < 1.29 is 23.9 Å². The lowest BCUT2D eigenvalue weighted by Gasteiger charge is -2.17. The predicted octanol–water partition coefficient (Wildman–Crippen LogP) is 1.10. The van der Waals surface area contributed by atoms with Crippen molar-refractivity contribution in [2.24, 2.45) is 0 Å². The number of benzene rings is 1. The van der Waals surface area contributed by atoms with Crippen LogP contribution in [0.4, 0.5) is 0 Å². The number of allylic oxidation sites excluding steroid dienone is 2. The fourth-order valence-electron chi connectivity index (χ4n) is 1.89. The maximum atomic E-state index is 11.8. The normalized spacial score (nSPS) is 13.2. The molecule has 1 aromatic carbocycles. The first-order chi connectivity index (χ1) is 8.63. The van der Waals surface area contributed by atoms with Crippen molar-refractivity contribution in [3.05, 3.63) is 34.9 Å². The fraction of sp³-hybridized carbons (Fsp3) is 0.154. The molecular formula is C13H9O5. The third-order valence-electron chi connectivity index (χ3n) is 2.66. The van der Waals surface area contributed by atoms with E-state index in [4.69, 9.17) is 9.47 Å². The first-order valence-corrected chi connectivity index (χ1v) is 5.08. The quantitative estimate of drug-likeness (QED) is 0.797. The summed E-state index contributed by atoms with van der Waals surface area (Å²) in [5, 5.41) is 0. The highest BCUT2D eigenvalue weighted by molar-refractivity contribution is 6.25. The molecule has 5 nitrogen and oxygen atoms in total. The number of carbonyl (C=O) groups is 2. The molecule has 1 radical (unpaired) electrons. The van der Waals surface area contributed by atoms with E-state index in [1.807, 2.05) is 0 Å². The van der Waals surface area contributed by atoms with Crippen LogP contribution in [0.2, 0.25) is 0 Å². The summed E-state index contributed by atoms with van der Waals surface area (Å²) in [5.41, 5.74) is 0.202. The lowest BCUT2D eigenvalue weighted by molar-refractivity contribution is 0.0989. The summed E-state index contributed by atoms with van der Waals surface area (Å²) >= 11 is 0. The van der Waals surface area contributed by atoms with Gasteiger partial charge in [-0.05, 0) is 18.2 Å². The Morgan fingerprint density at radius 2 is 1.61 bits per heavy atom. The number of hydrogen-bond acceptors (Lipinski definition) is 5. The van der Waals surface area contributed by atoms with Gasteiger partial charge in [0.1, 0.15) is 11.5 Å². The monoisotopic (exact) mass is 245 g/mol. The van der Waals surface area contributed by atoms with Crippen molar-refractivity contribution in [3.8, 4) is 11.5 Å². The molecule has 0 amide bonds. The van der Waals surface area contributed by atoms with Gasteiger partial charge in [-0.25, -0.2) is 0 Å². The van der Waals surface area contributed by atoms with Crippen LogP contribution in [0.1, 0.15) is 26.3 Å². The minimum absolute atomic E-state index is 0.0442. The molecule has 1 aliphatic carbocycles. The van der Waals surface area contributed by atoms with E-state index in [2.05, 4.69) is 0 Å². The van der Waals surface area contributed by atoms with Crippen molar-refractivity contribution in [3.63, 3.8) is 0 Å². The van der Waals surface area contributed by atoms with E-state index in [0.717, 1.165) is 12.2 Å². The number of ether oxygens (including phenoxy) is 2. The van der Waals surface area contributed by atoms with E-state index in [1.165, 1.54) is 20.3 Å². The number of carbonyl (C=O) groups excluding carboxylic acids is 3. The number of hydrogen-bond donors (Lipinski definition) is 0. The molecule has 0 bridgehead atoms. The van der Waals surface area contributed by atoms with Gasteiger partial charge >= 0.3 is 0 Å². The average molecular weight is 245 g/mol. The predicted molar refractivity (Wildman–Crippen MR) is 62.1 cm³/mol. The summed E-state index contributed by atoms with van der Waals surface area (Å²) in [7, 11) is 2.67. The maximum absolute atomic E-state index is 11.8. The molecule has 0 saturated heterocycles. The van der Waals surface area contributed by atoms with Gasteiger partial charge in [0.15, 0.2) is 11.6 Å². The molecule has 0 atom stereocenters. The second-order valence-corrected chi connectivity index (χ2v) is 3.57. The van der Waals surface area contributed by atoms with E-state index in [9.17, 15) is 14.4 Å². The van der Waals surface area contributed by atoms with Crippen molar-refractivity contribution in [2.75, 3.05) is 14.2 Å². The summed E-state index contributed by atoms with van der Waals surface area (Å²) in [6, 6.07) is 1.33. The fourth-order valence-corrected chi connectivity index (χ4v) is 1.89. The molecule has 0 unspecified atom stereocenters. The molecule has 0 fully saturated rings. The van der Waals surface area contributed by atoms with Gasteiger partial charge in [-0.1, -0.05) is 0 Å². The van der Waals surface area contributed by atoms with Crippen molar-refractivity contribution in [1.82, 2.24) is 0 Å². The van der Waals surface area contributed by atoms with E-state index in [1.54, 1.807) is 6.29 Å². The summed E-state index contributed by atoms with van der Waals surface area (Å²) in [6.07, 6.45) is 3.97. The molecule has 0 N–H and O–H groups in total. The SMILES string of the molecule is COc1cc([C]=O)c(OC)c2c1C(=O)C=CC2=O. The minimum atomic E-state index is -0.406. The van der Waals surface area contributed by atoms with Gasteiger partial charge in [0.05, 0.1) is 30.9 Å². The Morgan fingerprint density at radius 3 is 2.11 bits per heavy atom. The van der Waals surface area contributed by atoms with Crippen LogP contribution >= 0.6 is 0 Å². The zero-order chi connectivity index (χ0) is 13.3. The highest BCUT2D eigenvalue weighted by atomic mass is 16.5. The number of rotatable bonds is 3. The first-order valence-electron chi connectivity index (χ1n) is 5.08. The van der Waals surface area contributed by atoms with Gasteiger partial charge in [-0.3, -0.25) is 14.4 Å². The van der Waals surface area contributed by atoms with Crippen LogP contribution in [-0.2, 0) is 4.79 Å². The smallest absolute Gasteiger partial charge is 0.237 e. The standard InChI is InChI=1S/C13H9O5/c1-17-10-5-7(6-14)13(18-2)12-9(16)4-3-8(15)11(10)12/h3-5H,1-2H3. The zero-order valence-corrected chi connectivity index (χ0v) is 9.77. The molecule has 5 heteroatoms. The molecular weight excluding hydrogens is 236 g/mol. The molecule has 1 aliphatic rings. The Hall–Kier alpha value is -2.43. The first kappa shape index (κ1) is 12.0. The van der Waals surface area contributed by atoms with Crippen LogP contribution < -0.4 is 9.47 Å². The van der Waals surface area contributed by atoms with Crippen LogP contribution in [0, 0.1) is 0 Å². The Kier molecular flexibility index (Phi) is 2.97. The van der Waals surface area contributed by atoms with Gasteiger partial charge in [0.2, 0.25) is 6.29 Å². The van der Waals surface area contributed by atoms with Crippen LogP contribution in [-0.4, -0.2) is 32.1 Å². The minimum Gasteiger partial charge on any atom is -0.496 e. The van der Waals surface area contributed by atoms with Gasteiger partial charge in [-0.15, -0.1) is 0 Å². The zero-order valence-electron chi connectivity index (χ0n) is 9.77. The number of fused-ring (bicyclic) bond motifs is 1. The topological polar surface area (TPSA) is 69.7 Å². The van der Waals surface area contributed by atoms with Gasteiger partial charge < -0.3 is 9.47 Å². The Morgan fingerprint density at radius 1 is 1.00 bits per heavy atom. The van der Waals surface area contributed by atoms with E-state index >= 15 is 0 Å². The molecule has 91 valence electrons. The second-order valence-electron chi connectivity index (χ2n) is 3.57. The third-order valence-corrected chi connectivity index (χ3v) is 2.66. The lowest BCUT2D eigenvalue weighted by atomic mass is 9.91. The summed E-state index contributed by atoms with van der Waals surface area (Å²) in [6.45, 7) is 0. The molecule has 0 saturated carbocycles. The van der Waals surface area contributed by atoms with E-state index in [0.29, 0.717) is 0 Å². The number of ketones is 2. The number of methoxy groups -OCH3 is 2. The Labute approximate surface area is 103 Å². The third kappa shape index (κ3) is 1.60. The average Bonchev–Trinajstić information content (AvgIpc) is 2.40. The Bertz CT molecular complexity index is 584. The summed E-state index contributed by atoms with van der Waals surface area (Å²) < 4.78 is 10.1. The van der Waals surface area contributed by atoms with Crippen LogP contribution in [0.5, 0.6) is 11.5 Å². The van der Waals surface area contributed by atoms with Gasteiger partial charge in [-0.2, -0.15) is 0 Å². The molecule has 18 heavy (non-hydrogen) atoms. The van der Waals surface area contributed by atoms with E-state index in [-0.39, 0.29) is 34.0 Å². The summed E-state index contributed by atoms with van der Waals surface area (Å²) in [5.74, 6) is -0.565. The Balaban J connectivity index is 2.88. The molecule has 0 heterocycles. The van der Waals surface area contributed by atoms with E-state index < -0.39 is 5.78 Å². The van der Waals surface area contributed by atoms with Crippen LogP contribution in [0.25, 0.3) is 0 Å². The molecule has 1 aromatic rings. The molecule has 2 rings (SSSR count). The van der Waals surface area contributed by atoms with Crippen molar-refractivity contribution in [2.45, 2.75) is 0 Å². The van der Waals surface area contributed by atoms with Crippen LogP contribution in [0.15, 0.2) is 18.2 Å². The van der Waals surface area contributed by atoms with Crippen molar-refractivity contribution >= 4 is 17.9 Å². The second kappa shape index (κ2) is 4.44. The molecule has 0 aromatic heterocycles. The largest absolute Gasteiger partial charge is 0.496 e. The van der Waals surface area contributed by atoms with Gasteiger partial charge in [0.25, 0.3) is 0 Å². The maximum Gasteiger partial charge on any atom is 0.237 e. The molecule has 0 aliphatic heterocycles.